The quantitative estimate of drug-likeness (QED) is 0.502. The Labute approximate surface area is 194 Å². The molecule has 1 unspecified atom stereocenters. The fourth-order valence-electron chi connectivity index (χ4n) is 3.91. The number of anilines is 1. The molecule has 34 heavy (non-hydrogen) atoms. The highest BCUT2D eigenvalue weighted by atomic mass is 32.2. The molecule has 1 aliphatic rings. The van der Waals surface area contributed by atoms with Gasteiger partial charge in [-0.15, -0.1) is 0 Å². The molecule has 12 heteroatoms. The monoisotopic (exact) mass is 499 g/mol. The molecule has 1 heterocycles. The van der Waals surface area contributed by atoms with E-state index in [4.69, 9.17) is 5.73 Å². The van der Waals surface area contributed by atoms with Gasteiger partial charge in [-0.05, 0) is 55.7 Å². The van der Waals surface area contributed by atoms with Gasteiger partial charge in [-0.1, -0.05) is 18.2 Å². The van der Waals surface area contributed by atoms with Gasteiger partial charge in [0.25, 0.3) is 0 Å². The van der Waals surface area contributed by atoms with Crippen LogP contribution in [-0.4, -0.2) is 47.8 Å². The van der Waals surface area contributed by atoms with Crippen molar-refractivity contribution in [2.75, 3.05) is 12.3 Å². The van der Waals surface area contributed by atoms with Crippen LogP contribution in [-0.2, 0) is 32.2 Å². The third kappa shape index (κ3) is 5.17. The van der Waals surface area contributed by atoms with Crippen LogP contribution in [0.3, 0.4) is 0 Å². The molecule has 1 aliphatic heterocycles. The number of rotatable bonds is 7. The average molecular weight is 500 g/mol. The minimum Gasteiger partial charge on any atom is -0.480 e. The Bertz CT molecular complexity index is 1190. The maximum atomic E-state index is 13.2. The minimum absolute atomic E-state index is 0.0716. The Hall–Kier alpha value is -3.12. The Morgan fingerprint density at radius 3 is 2.44 bits per heavy atom. The van der Waals surface area contributed by atoms with Gasteiger partial charge in [0.15, 0.2) is 0 Å². The molecule has 2 atom stereocenters. The zero-order valence-electron chi connectivity index (χ0n) is 18.2. The Kier molecular flexibility index (Phi) is 6.94. The lowest BCUT2D eigenvalue weighted by Crippen LogP contribution is -2.58. The Balaban J connectivity index is 1.87. The highest BCUT2D eigenvalue weighted by Crippen LogP contribution is 2.37. The average Bonchev–Trinajstić information content (AvgIpc) is 3.18. The first kappa shape index (κ1) is 25.5. The molecule has 1 amide bonds. The van der Waals surface area contributed by atoms with Crippen molar-refractivity contribution >= 4 is 27.6 Å². The molecule has 2 aromatic rings. The zero-order chi connectivity index (χ0) is 25.3. The second-order valence-corrected chi connectivity index (χ2v) is 10.2. The van der Waals surface area contributed by atoms with E-state index in [2.05, 4.69) is 5.32 Å². The molecule has 0 radical (unpaired) electrons. The molecule has 1 fully saturated rings. The number of sulfonamides is 1. The summed E-state index contributed by atoms with van der Waals surface area (Å²) in [7, 11) is -4.48. The van der Waals surface area contributed by atoms with E-state index < -0.39 is 50.1 Å². The number of hydrogen-bond acceptors (Lipinski definition) is 5. The highest BCUT2D eigenvalue weighted by Gasteiger charge is 2.50. The fourth-order valence-corrected chi connectivity index (χ4v) is 5.77. The predicted molar refractivity (Wildman–Crippen MR) is 117 cm³/mol. The van der Waals surface area contributed by atoms with Gasteiger partial charge in [0.2, 0.25) is 15.9 Å². The number of nitrogen functional groups attached to an aromatic ring is 1. The number of carboxylic acids is 1. The molecule has 0 spiro atoms. The molecule has 1 saturated heterocycles. The van der Waals surface area contributed by atoms with Crippen LogP contribution in [0.5, 0.6) is 0 Å². The molecule has 2 aromatic carbocycles. The number of nitrogens with zero attached hydrogens (tertiary/aromatic N) is 1. The summed E-state index contributed by atoms with van der Waals surface area (Å²) in [6.45, 7) is 1.24. The summed E-state index contributed by atoms with van der Waals surface area (Å²) < 4.78 is 66.6. The van der Waals surface area contributed by atoms with Crippen molar-refractivity contribution in [1.29, 1.82) is 0 Å². The molecular weight excluding hydrogens is 475 g/mol. The number of carbonyl (C=O) groups is 2. The molecule has 184 valence electrons. The first-order valence-corrected chi connectivity index (χ1v) is 11.8. The minimum atomic E-state index is -4.74. The second-order valence-electron chi connectivity index (χ2n) is 8.29. The van der Waals surface area contributed by atoms with Crippen LogP contribution in [0.2, 0.25) is 0 Å². The summed E-state index contributed by atoms with van der Waals surface area (Å²) in [6, 6.07) is 8.31. The number of amides is 1. The molecule has 3 rings (SSSR count). The van der Waals surface area contributed by atoms with Crippen molar-refractivity contribution < 1.29 is 36.3 Å². The van der Waals surface area contributed by atoms with Gasteiger partial charge in [-0.3, -0.25) is 4.79 Å². The maximum Gasteiger partial charge on any atom is 0.416 e. The zero-order valence-corrected chi connectivity index (χ0v) is 19.0. The van der Waals surface area contributed by atoms with Gasteiger partial charge in [0, 0.05) is 18.7 Å². The lowest BCUT2D eigenvalue weighted by molar-refractivity contribution is -0.143. The largest absolute Gasteiger partial charge is 0.480 e. The maximum absolute atomic E-state index is 13.2. The Morgan fingerprint density at radius 2 is 1.85 bits per heavy atom. The van der Waals surface area contributed by atoms with E-state index in [1.54, 1.807) is 24.3 Å². The van der Waals surface area contributed by atoms with E-state index in [9.17, 15) is 36.3 Å². The van der Waals surface area contributed by atoms with E-state index in [0.717, 1.165) is 22.5 Å². The van der Waals surface area contributed by atoms with Crippen molar-refractivity contribution in [3.8, 4) is 0 Å². The summed E-state index contributed by atoms with van der Waals surface area (Å²) in [5, 5.41) is 12.0. The number of hydrogen-bond donors (Lipinski definition) is 3. The first-order chi connectivity index (χ1) is 15.7. The van der Waals surface area contributed by atoms with Gasteiger partial charge in [0.1, 0.15) is 11.6 Å². The smallest absolute Gasteiger partial charge is 0.416 e. The SMILES string of the molecule is C[C@@]1(C(=O)NC(Cc2ccc(N)cc2)C(=O)O)CCCN1S(=O)(=O)c1cccc(C(F)(F)F)c1. The third-order valence-corrected chi connectivity index (χ3v) is 7.85. The van der Waals surface area contributed by atoms with Crippen molar-refractivity contribution in [1.82, 2.24) is 9.62 Å². The number of carbonyl (C=O) groups excluding carboxylic acids is 1. The molecule has 0 aliphatic carbocycles. The van der Waals surface area contributed by atoms with Crippen molar-refractivity contribution in [2.45, 2.75) is 48.8 Å². The summed E-state index contributed by atoms with van der Waals surface area (Å²) in [5.74, 6) is -2.16. The summed E-state index contributed by atoms with van der Waals surface area (Å²) in [4.78, 5) is 24.3. The number of benzene rings is 2. The van der Waals surface area contributed by atoms with Crippen LogP contribution in [0, 0.1) is 0 Å². The number of nitrogens with one attached hydrogen (secondary N) is 1. The van der Waals surface area contributed by atoms with Crippen LogP contribution in [0.15, 0.2) is 53.4 Å². The predicted octanol–water partition coefficient (Wildman–Crippen LogP) is 2.64. The van der Waals surface area contributed by atoms with E-state index in [1.165, 1.54) is 6.92 Å². The lowest BCUT2D eigenvalue weighted by atomic mass is 9.97. The van der Waals surface area contributed by atoms with Gasteiger partial charge < -0.3 is 16.2 Å². The lowest BCUT2D eigenvalue weighted by Gasteiger charge is -2.34. The van der Waals surface area contributed by atoms with Crippen molar-refractivity contribution in [2.24, 2.45) is 0 Å². The normalized spacial score (nSPS) is 20.1. The molecular formula is C22H24F3N3O5S. The highest BCUT2D eigenvalue weighted by molar-refractivity contribution is 7.89. The third-order valence-electron chi connectivity index (χ3n) is 5.84. The second kappa shape index (κ2) is 9.26. The van der Waals surface area contributed by atoms with Crippen LogP contribution < -0.4 is 11.1 Å². The van der Waals surface area contributed by atoms with Gasteiger partial charge in [0.05, 0.1) is 10.5 Å². The summed E-state index contributed by atoms with van der Waals surface area (Å²) in [6.07, 6.45) is -4.46. The number of nitrogens with two attached hydrogens (primary N) is 1. The molecule has 0 saturated carbocycles. The number of halogens is 3. The van der Waals surface area contributed by atoms with Crippen molar-refractivity contribution in [3.63, 3.8) is 0 Å². The summed E-state index contributed by atoms with van der Waals surface area (Å²) in [5.41, 5.74) is 3.88. The van der Waals surface area contributed by atoms with Crippen LogP contribution in [0.1, 0.15) is 30.9 Å². The van der Waals surface area contributed by atoms with Gasteiger partial charge in [-0.25, -0.2) is 13.2 Å². The fraction of sp³-hybridized carbons (Fsp3) is 0.364. The number of alkyl halides is 3. The summed E-state index contributed by atoms with van der Waals surface area (Å²) >= 11 is 0. The van der Waals surface area contributed by atoms with Crippen LogP contribution in [0.4, 0.5) is 18.9 Å². The molecule has 0 aromatic heterocycles. The van der Waals surface area contributed by atoms with Crippen LogP contribution in [0.25, 0.3) is 0 Å². The number of carboxylic acid groups (broad SMARTS) is 1. The Morgan fingerprint density at radius 1 is 1.21 bits per heavy atom. The van der Waals surface area contributed by atoms with E-state index in [-0.39, 0.29) is 25.8 Å². The molecule has 0 bridgehead atoms. The number of aliphatic carboxylic acids is 1. The standard InChI is InChI=1S/C22H24F3N3O5S/c1-21(20(31)27-18(19(29)30)12-14-6-8-16(26)9-7-14)10-3-11-28(21)34(32,33)17-5-2-4-15(13-17)22(23,24)25/h2,4-9,13,18H,3,10-12,26H2,1H3,(H,27,31)(H,29,30)/t18?,21-/m0/s1. The van der Waals surface area contributed by atoms with Gasteiger partial charge in [-0.2, -0.15) is 17.5 Å². The van der Waals surface area contributed by atoms with E-state index in [0.29, 0.717) is 17.3 Å². The molecule has 8 nitrogen and oxygen atoms in total. The van der Waals surface area contributed by atoms with E-state index >= 15 is 0 Å². The van der Waals surface area contributed by atoms with E-state index in [1.807, 2.05) is 0 Å². The topological polar surface area (TPSA) is 130 Å². The molecule has 4 N–H and O–H groups in total. The van der Waals surface area contributed by atoms with Crippen molar-refractivity contribution in [3.05, 3.63) is 59.7 Å². The van der Waals surface area contributed by atoms with Gasteiger partial charge >= 0.3 is 12.1 Å². The van der Waals surface area contributed by atoms with Crippen LogP contribution >= 0.6 is 0 Å². The first-order valence-electron chi connectivity index (χ1n) is 10.3.